The molecular formula is C17H20N2O2. The van der Waals surface area contributed by atoms with Crippen LogP contribution in [0, 0.1) is 0 Å². The van der Waals surface area contributed by atoms with E-state index >= 15 is 0 Å². The minimum absolute atomic E-state index is 0.207. The maximum atomic E-state index is 5.91. The lowest BCUT2D eigenvalue weighted by molar-refractivity contribution is 0.0410. The number of methoxy groups -OCH3 is 1. The minimum atomic E-state index is 0.207. The molecule has 0 amide bonds. The zero-order valence-electron chi connectivity index (χ0n) is 12.2. The second-order valence-corrected chi connectivity index (χ2v) is 5.20. The van der Waals surface area contributed by atoms with Gasteiger partial charge in [0.15, 0.2) is 0 Å². The van der Waals surface area contributed by atoms with Crippen molar-refractivity contribution in [3.05, 3.63) is 54.4 Å². The molecule has 1 fully saturated rings. The van der Waals surface area contributed by atoms with Gasteiger partial charge in [-0.1, -0.05) is 12.1 Å². The lowest BCUT2D eigenvalue weighted by Gasteiger charge is -2.34. The molecule has 1 unspecified atom stereocenters. The molecule has 0 saturated carbocycles. The molecule has 3 rings (SSSR count). The van der Waals surface area contributed by atoms with Gasteiger partial charge in [-0.3, -0.25) is 4.98 Å². The van der Waals surface area contributed by atoms with Crippen LogP contribution in [0.5, 0.6) is 5.75 Å². The number of benzene rings is 1. The Labute approximate surface area is 125 Å². The summed E-state index contributed by atoms with van der Waals surface area (Å²) >= 11 is 0. The topological polar surface area (TPSA) is 34.6 Å². The predicted molar refractivity (Wildman–Crippen MR) is 82.9 cm³/mol. The van der Waals surface area contributed by atoms with Gasteiger partial charge in [0.25, 0.3) is 0 Å². The Bertz CT molecular complexity index is 574. The van der Waals surface area contributed by atoms with Crippen LogP contribution in [0.25, 0.3) is 0 Å². The lowest BCUT2D eigenvalue weighted by atomic mass is 10.1. The van der Waals surface area contributed by atoms with E-state index in [0.29, 0.717) is 0 Å². The molecule has 2 aromatic rings. The van der Waals surface area contributed by atoms with Crippen LogP contribution >= 0.6 is 0 Å². The van der Waals surface area contributed by atoms with Gasteiger partial charge in [0.2, 0.25) is 0 Å². The predicted octanol–water partition coefficient (Wildman–Crippen LogP) is 2.54. The number of pyridine rings is 1. The number of ether oxygens (including phenoxy) is 2. The number of rotatable bonds is 4. The van der Waals surface area contributed by atoms with E-state index in [0.717, 1.165) is 31.9 Å². The Morgan fingerprint density at radius 1 is 1.29 bits per heavy atom. The van der Waals surface area contributed by atoms with Gasteiger partial charge in [0.05, 0.1) is 19.8 Å². The summed E-state index contributed by atoms with van der Waals surface area (Å²) in [6, 6.07) is 12.3. The molecule has 1 aromatic heterocycles. The van der Waals surface area contributed by atoms with Crippen LogP contribution in [0.2, 0.25) is 0 Å². The van der Waals surface area contributed by atoms with Crippen LogP contribution < -0.4 is 9.64 Å². The Hall–Kier alpha value is -2.07. The molecule has 1 aromatic carbocycles. The van der Waals surface area contributed by atoms with Crippen molar-refractivity contribution in [1.29, 1.82) is 0 Å². The van der Waals surface area contributed by atoms with Crippen LogP contribution in [0.1, 0.15) is 5.56 Å². The van der Waals surface area contributed by atoms with Crippen molar-refractivity contribution in [2.45, 2.75) is 12.5 Å². The van der Waals surface area contributed by atoms with Gasteiger partial charge in [-0.25, -0.2) is 0 Å². The first-order valence-corrected chi connectivity index (χ1v) is 7.24. The first-order chi connectivity index (χ1) is 10.3. The van der Waals surface area contributed by atoms with Crippen molar-refractivity contribution in [3.63, 3.8) is 0 Å². The third kappa shape index (κ3) is 3.52. The average molecular weight is 284 g/mol. The van der Waals surface area contributed by atoms with Crippen molar-refractivity contribution in [1.82, 2.24) is 4.98 Å². The highest BCUT2D eigenvalue weighted by atomic mass is 16.5. The van der Waals surface area contributed by atoms with Gasteiger partial charge >= 0.3 is 0 Å². The quantitative estimate of drug-likeness (QED) is 0.864. The summed E-state index contributed by atoms with van der Waals surface area (Å²) in [7, 11) is 1.70. The molecule has 1 aliphatic rings. The van der Waals surface area contributed by atoms with Gasteiger partial charge in [-0.2, -0.15) is 0 Å². The van der Waals surface area contributed by atoms with E-state index in [9.17, 15) is 0 Å². The number of anilines is 1. The maximum absolute atomic E-state index is 5.91. The molecule has 4 nitrogen and oxygen atoms in total. The van der Waals surface area contributed by atoms with Crippen LogP contribution in [-0.4, -0.2) is 37.9 Å². The first-order valence-electron chi connectivity index (χ1n) is 7.24. The first kappa shape index (κ1) is 13.9. The van der Waals surface area contributed by atoms with Crippen molar-refractivity contribution in [2.24, 2.45) is 0 Å². The van der Waals surface area contributed by atoms with Crippen LogP contribution in [-0.2, 0) is 11.2 Å². The van der Waals surface area contributed by atoms with E-state index in [-0.39, 0.29) is 6.10 Å². The van der Waals surface area contributed by atoms with Crippen LogP contribution in [0.15, 0.2) is 48.8 Å². The summed E-state index contributed by atoms with van der Waals surface area (Å²) in [5.74, 6) is 0.897. The summed E-state index contributed by atoms with van der Waals surface area (Å²) < 4.78 is 11.2. The van der Waals surface area contributed by atoms with Crippen molar-refractivity contribution in [3.8, 4) is 5.75 Å². The molecule has 1 aliphatic heterocycles. The monoisotopic (exact) mass is 284 g/mol. The molecule has 4 heteroatoms. The van der Waals surface area contributed by atoms with Gasteiger partial charge in [0.1, 0.15) is 5.75 Å². The van der Waals surface area contributed by atoms with Gasteiger partial charge in [-0.05, 0) is 29.8 Å². The third-order valence-corrected chi connectivity index (χ3v) is 3.76. The fourth-order valence-electron chi connectivity index (χ4n) is 2.69. The summed E-state index contributed by atoms with van der Waals surface area (Å²) in [5, 5.41) is 0. The molecule has 0 radical (unpaired) electrons. The number of nitrogens with zero attached hydrogens (tertiary/aromatic N) is 2. The molecule has 110 valence electrons. The number of morpholine rings is 1. The minimum Gasteiger partial charge on any atom is -0.497 e. The van der Waals surface area contributed by atoms with Crippen LogP contribution in [0.3, 0.4) is 0 Å². The fourth-order valence-corrected chi connectivity index (χ4v) is 2.69. The maximum Gasteiger partial charge on any atom is 0.119 e. The number of hydrogen-bond donors (Lipinski definition) is 0. The second-order valence-electron chi connectivity index (χ2n) is 5.20. The third-order valence-electron chi connectivity index (χ3n) is 3.76. The zero-order chi connectivity index (χ0) is 14.5. The highest BCUT2D eigenvalue weighted by Gasteiger charge is 2.21. The van der Waals surface area contributed by atoms with Crippen LogP contribution in [0.4, 0.5) is 5.69 Å². The van der Waals surface area contributed by atoms with Crippen molar-refractivity contribution < 1.29 is 9.47 Å². The smallest absolute Gasteiger partial charge is 0.119 e. The largest absolute Gasteiger partial charge is 0.497 e. The zero-order valence-corrected chi connectivity index (χ0v) is 12.2. The Morgan fingerprint density at radius 3 is 2.95 bits per heavy atom. The van der Waals surface area contributed by atoms with Crippen molar-refractivity contribution >= 4 is 5.69 Å². The Kier molecular flexibility index (Phi) is 4.36. The summed E-state index contributed by atoms with van der Waals surface area (Å²) in [4.78, 5) is 6.43. The summed E-state index contributed by atoms with van der Waals surface area (Å²) in [5.41, 5.74) is 2.46. The summed E-state index contributed by atoms with van der Waals surface area (Å²) in [6.07, 6.45) is 4.78. The number of aromatic nitrogens is 1. The molecule has 0 bridgehead atoms. The molecule has 1 saturated heterocycles. The Balaban J connectivity index is 1.66. The molecule has 0 aliphatic carbocycles. The van der Waals surface area contributed by atoms with E-state index in [1.807, 2.05) is 36.7 Å². The van der Waals surface area contributed by atoms with E-state index in [4.69, 9.17) is 9.47 Å². The fraction of sp³-hybridized carbons (Fsp3) is 0.353. The molecular weight excluding hydrogens is 264 g/mol. The molecule has 1 atom stereocenters. The second kappa shape index (κ2) is 6.59. The lowest BCUT2D eigenvalue weighted by Crippen LogP contribution is -2.43. The van der Waals surface area contributed by atoms with E-state index in [1.54, 1.807) is 7.11 Å². The molecule has 21 heavy (non-hydrogen) atoms. The highest BCUT2D eigenvalue weighted by Crippen LogP contribution is 2.20. The average Bonchev–Trinajstić information content (AvgIpc) is 2.56. The SMILES string of the molecule is COc1cccc(CC2CN(c3ccncc3)CCO2)c1. The highest BCUT2D eigenvalue weighted by molar-refractivity contribution is 5.45. The van der Waals surface area contributed by atoms with Gasteiger partial charge in [0, 0.05) is 37.6 Å². The van der Waals surface area contributed by atoms with Gasteiger partial charge in [-0.15, -0.1) is 0 Å². The van der Waals surface area contributed by atoms with E-state index in [2.05, 4.69) is 22.0 Å². The molecule has 2 heterocycles. The Morgan fingerprint density at radius 2 is 2.14 bits per heavy atom. The molecule has 0 spiro atoms. The standard InChI is InChI=1S/C17H20N2O2/c1-20-16-4-2-3-14(11-16)12-17-13-19(9-10-21-17)15-5-7-18-8-6-15/h2-8,11,17H,9-10,12-13H2,1H3. The van der Waals surface area contributed by atoms with E-state index < -0.39 is 0 Å². The summed E-state index contributed by atoms with van der Waals surface area (Å²) in [6.45, 7) is 2.59. The van der Waals surface area contributed by atoms with Gasteiger partial charge < -0.3 is 14.4 Å². The van der Waals surface area contributed by atoms with Crippen molar-refractivity contribution in [2.75, 3.05) is 31.7 Å². The molecule has 0 N–H and O–H groups in total. The number of hydrogen-bond acceptors (Lipinski definition) is 4. The normalized spacial score (nSPS) is 18.5. The van der Waals surface area contributed by atoms with E-state index in [1.165, 1.54) is 11.3 Å².